The van der Waals surface area contributed by atoms with Crippen molar-refractivity contribution in [2.24, 2.45) is 5.73 Å². The second kappa shape index (κ2) is 12.3. The molecule has 4 aromatic carbocycles. The number of benzene rings is 4. The van der Waals surface area contributed by atoms with Crippen LogP contribution in [0.3, 0.4) is 0 Å². The molecule has 0 saturated heterocycles. The lowest BCUT2D eigenvalue weighted by Crippen LogP contribution is -2.21. The highest BCUT2D eigenvalue weighted by Crippen LogP contribution is 2.45. The molecule has 2 heterocycles. The molecule has 1 unspecified atom stereocenters. The molecule has 0 amide bonds. The van der Waals surface area contributed by atoms with Crippen LogP contribution in [-0.2, 0) is 6.61 Å². The number of halogens is 2. The van der Waals surface area contributed by atoms with Crippen molar-refractivity contribution < 1.29 is 32.5 Å². The van der Waals surface area contributed by atoms with Crippen molar-refractivity contribution in [3.05, 3.63) is 129 Å². The molecular formula is C35H26ClFN2O6. The third kappa shape index (κ3) is 5.76. The van der Waals surface area contributed by atoms with E-state index in [1.54, 1.807) is 37.3 Å². The molecule has 1 aliphatic rings. The first-order valence-electron chi connectivity index (χ1n) is 14.0. The Hall–Kier alpha value is -5.46. The summed E-state index contributed by atoms with van der Waals surface area (Å²) in [5.74, 6) is -0.463. The lowest BCUT2D eigenvalue weighted by atomic mass is 9.83. The zero-order chi connectivity index (χ0) is 31.7. The fourth-order valence-electron chi connectivity index (χ4n) is 5.25. The third-order valence-corrected chi connectivity index (χ3v) is 7.80. The van der Waals surface area contributed by atoms with Gasteiger partial charge in [0.1, 0.15) is 41.1 Å². The number of hydrogen-bond donors (Lipinski definition) is 1. The highest BCUT2D eigenvalue weighted by atomic mass is 35.5. The third-order valence-electron chi connectivity index (χ3n) is 7.43. The van der Waals surface area contributed by atoms with Crippen molar-refractivity contribution in [1.29, 1.82) is 5.26 Å². The summed E-state index contributed by atoms with van der Waals surface area (Å²) >= 11 is 6.30. The number of esters is 1. The van der Waals surface area contributed by atoms with Crippen LogP contribution in [0.15, 0.2) is 94.7 Å². The van der Waals surface area contributed by atoms with Crippen LogP contribution in [0.5, 0.6) is 23.0 Å². The van der Waals surface area contributed by atoms with Crippen molar-refractivity contribution in [3.8, 4) is 29.1 Å². The maximum Gasteiger partial charge on any atom is 0.379 e. The van der Waals surface area contributed by atoms with Gasteiger partial charge in [-0.3, -0.25) is 0 Å². The second-order valence-corrected chi connectivity index (χ2v) is 10.6. The highest BCUT2D eigenvalue weighted by molar-refractivity contribution is 6.31. The molecule has 0 saturated carbocycles. The molecule has 10 heteroatoms. The minimum Gasteiger partial charge on any atom is -0.490 e. The zero-order valence-corrected chi connectivity index (χ0v) is 25.0. The Labute approximate surface area is 262 Å². The fourth-order valence-corrected chi connectivity index (χ4v) is 5.44. The SMILES string of the molecule is CCOc1cc(C2C(C#N)=C(N)Oc3cc(OC(=O)c4oc5ccc(F)cc5c4C)ccc32)ccc1OCc1ccccc1Cl. The van der Waals surface area contributed by atoms with E-state index >= 15 is 0 Å². The summed E-state index contributed by atoms with van der Waals surface area (Å²) in [4.78, 5) is 13.0. The number of aryl methyl sites for hydroxylation is 1. The van der Waals surface area contributed by atoms with Crippen LogP contribution in [0.25, 0.3) is 11.0 Å². The molecule has 6 rings (SSSR count). The number of nitrogens with zero attached hydrogens (tertiary/aromatic N) is 1. The number of furan rings is 1. The topological polar surface area (TPSA) is 117 Å². The lowest BCUT2D eigenvalue weighted by Gasteiger charge is -2.27. The number of nitriles is 1. The predicted molar refractivity (Wildman–Crippen MR) is 165 cm³/mol. The van der Waals surface area contributed by atoms with Gasteiger partial charge < -0.3 is 29.1 Å². The van der Waals surface area contributed by atoms with Crippen LogP contribution in [0.2, 0.25) is 5.02 Å². The summed E-state index contributed by atoms with van der Waals surface area (Å²) in [6.07, 6.45) is 0. The van der Waals surface area contributed by atoms with Crippen molar-refractivity contribution in [2.45, 2.75) is 26.4 Å². The Balaban J connectivity index is 1.30. The molecule has 8 nitrogen and oxygen atoms in total. The molecule has 226 valence electrons. The molecule has 1 atom stereocenters. The van der Waals surface area contributed by atoms with Crippen LogP contribution >= 0.6 is 11.6 Å². The largest absolute Gasteiger partial charge is 0.490 e. The molecule has 1 aromatic heterocycles. The number of allylic oxidation sites excluding steroid dienone is 1. The zero-order valence-electron chi connectivity index (χ0n) is 24.2. The van der Waals surface area contributed by atoms with Gasteiger partial charge >= 0.3 is 5.97 Å². The van der Waals surface area contributed by atoms with Gasteiger partial charge in [-0.15, -0.1) is 0 Å². The van der Waals surface area contributed by atoms with Crippen LogP contribution in [0, 0.1) is 24.1 Å². The van der Waals surface area contributed by atoms with E-state index in [1.807, 2.05) is 31.2 Å². The average molecular weight is 625 g/mol. The Kier molecular flexibility index (Phi) is 8.07. The second-order valence-electron chi connectivity index (χ2n) is 10.2. The van der Waals surface area contributed by atoms with Crippen molar-refractivity contribution in [2.75, 3.05) is 6.61 Å². The minimum atomic E-state index is -0.758. The summed E-state index contributed by atoms with van der Waals surface area (Å²) in [5.41, 5.74) is 9.42. The standard InChI is InChI=1S/C35H26ClFN2O6/c1-3-41-31-14-20(8-12-29(31)42-18-21-6-4-5-7-27(21)36)32-24-11-10-23(16-30(24)45-34(39)26(32)17-38)43-35(40)33-19(2)25-15-22(37)9-13-28(25)44-33/h4-16,32H,3,18,39H2,1-2H3. The van der Waals surface area contributed by atoms with E-state index in [0.717, 1.165) is 5.56 Å². The number of fused-ring (bicyclic) bond motifs is 2. The van der Waals surface area contributed by atoms with Gasteiger partial charge in [-0.1, -0.05) is 41.9 Å². The van der Waals surface area contributed by atoms with Gasteiger partial charge in [0, 0.05) is 33.2 Å². The van der Waals surface area contributed by atoms with E-state index in [2.05, 4.69) is 6.07 Å². The average Bonchev–Trinajstić information content (AvgIpc) is 3.36. The summed E-state index contributed by atoms with van der Waals surface area (Å²) in [6, 6.07) is 23.8. The smallest absolute Gasteiger partial charge is 0.379 e. The summed E-state index contributed by atoms with van der Waals surface area (Å²) in [6.45, 7) is 4.14. The number of carbonyl (C=O) groups is 1. The van der Waals surface area contributed by atoms with E-state index in [0.29, 0.717) is 56.5 Å². The van der Waals surface area contributed by atoms with Gasteiger partial charge in [0.2, 0.25) is 11.6 Å². The van der Waals surface area contributed by atoms with E-state index < -0.39 is 17.7 Å². The predicted octanol–water partition coefficient (Wildman–Crippen LogP) is 7.95. The number of carbonyl (C=O) groups excluding carboxylic acids is 1. The van der Waals surface area contributed by atoms with Gasteiger partial charge in [-0.2, -0.15) is 5.26 Å². The van der Waals surface area contributed by atoms with Gasteiger partial charge in [-0.05, 0) is 61.9 Å². The molecule has 5 aromatic rings. The Bertz CT molecular complexity index is 2030. The van der Waals surface area contributed by atoms with Crippen LogP contribution in [0.4, 0.5) is 4.39 Å². The number of hydrogen-bond acceptors (Lipinski definition) is 8. The highest BCUT2D eigenvalue weighted by Gasteiger charge is 2.32. The lowest BCUT2D eigenvalue weighted by molar-refractivity contribution is 0.0702. The molecular weight excluding hydrogens is 599 g/mol. The molecule has 0 radical (unpaired) electrons. The summed E-state index contributed by atoms with van der Waals surface area (Å²) in [7, 11) is 0. The monoisotopic (exact) mass is 624 g/mol. The molecule has 1 aliphatic heterocycles. The van der Waals surface area contributed by atoms with Crippen molar-refractivity contribution in [3.63, 3.8) is 0 Å². The van der Waals surface area contributed by atoms with Gasteiger partial charge in [0.05, 0.1) is 12.5 Å². The fraction of sp³-hybridized carbons (Fsp3) is 0.143. The first-order chi connectivity index (χ1) is 21.8. The van der Waals surface area contributed by atoms with Crippen molar-refractivity contribution >= 4 is 28.5 Å². The van der Waals surface area contributed by atoms with E-state index in [1.165, 1.54) is 24.3 Å². The molecule has 0 fully saturated rings. The van der Waals surface area contributed by atoms with Gasteiger partial charge in [0.15, 0.2) is 11.5 Å². The number of ether oxygens (including phenoxy) is 4. The first kappa shape index (κ1) is 29.6. The molecule has 0 aliphatic carbocycles. The Morgan fingerprint density at radius 2 is 1.87 bits per heavy atom. The molecule has 2 N–H and O–H groups in total. The maximum atomic E-state index is 13.7. The quantitative estimate of drug-likeness (QED) is 0.137. The van der Waals surface area contributed by atoms with Crippen molar-refractivity contribution in [1.82, 2.24) is 0 Å². The summed E-state index contributed by atoms with van der Waals surface area (Å²) < 4.78 is 42.8. The first-order valence-corrected chi connectivity index (χ1v) is 14.4. The number of nitrogens with two attached hydrogens (primary N) is 1. The summed E-state index contributed by atoms with van der Waals surface area (Å²) in [5, 5.41) is 11.1. The van der Waals surface area contributed by atoms with E-state index in [9.17, 15) is 14.4 Å². The van der Waals surface area contributed by atoms with Crippen LogP contribution in [0.1, 0.15) is 45.7 Å². The molecule has 0 spiro atoms. The van der Waals surface area contributed by atoms with E-state index in [-0.39, 0.29) is 29.6 Å². The maximum absolute atomic E-state index is 13.7. The normalized spacial score (nSPS) is 14.0. The van der Waals surface area contributed by atoms with Crippen LogP contribution < -0.4 is 24.7 Å². The number of rotatable bonds is 8. The molecule has 45 heavy (non-hydrogen) atoms. The van der Waals surface area contributed by atoms with Gasteiger partial charge in [0.25, 0.3) is 0 Å². The Morgan fingerprint density at radius 3 is 2.64 bits per heavy atom. The van der Waals surface area contributed by atoms with Crippen LogP contribution in [-0.4, -0.2) is 12.6 Å². The van der Waals surface area contributed by atoms with E-state index in [4.69, 9.17) is 40.7 Å². The minimum absolute atomic E-state index is 0.0430. The Morgan fingerprint density at radius 1 is 1.04 bits per heavy atom. The molecule has 0 bridgehead atoms. The van der Waals surface area contributed by atoms with Gasteiger partial charge in [-0.25, -0.2) is 9.18 Å².